The first-order chi connectivity index (χ1) is 36.3. The molecule has 2 aliphatic rings. The van der Waals surface area contributed by atoms with Gasteiger partial charge < -0.3 is 21.6 Å². The lowest BCUT2D eigenvalue weighted by Crippen LogP contribution is -2.14. The molecule has 0 unspecified atom stereocenters. The van der Waals surface area contributed by atoms with Gasteiger partial charge in [0.05, 0.1) is 43.7 Å². The predicted molar refractivity (Wildman–Crippen MR) is 301 cm³/mol. The third-order valence-corrected chi connectivity index (χ3v) is 16.3. The number of carbonyl (C=O) groups excluding carboxylic acids is 3. The van der Waals surface area contributed by atoms with E-state index in [4.69, 9.17) is 21.6 Å². The van der Waals surface area contributed by atoms with Crippen LogP contribution in [-0.2, 0) is 19.3 Å². The van der Waals surface area contributed by atoms with E-state index in [1.807, 2.05) is 6.07 Å². The molecule has 372 valence electrons. The zero-order valence-electron chi connectivity index (χ0n) is 41.2. The lowest BCUT2D eigenvalue weighted by atomic mass is 10.1. The second kappa shape index (κ2) is 21.9. The first-order valence-corrected chi connectivity index (χ1v) is 26.5. The van der Waals surface area contributed by atoms with Crippen LogP contribution in [0.25, 0.3) is 61.6 Å². The van der Waals surface area contributed by atoms with E-state index in [0.717, 1.165) is 97.1 Å². The van der Waals surface area contributed by atoms with Gasteiger partial charge in [-0.25, -0.2) is 0 Å². The highest BCUT2D eigenvalue weighted by atomic mass is 32.1. The van der Waals surface area contributed by atoms with E-state index in [1.165, 1.54) is 39.2 Å². The van der Waals surface area contributed by atoms with Crippen LogP contribution < -0.4 is 17.2 Å². The predicted octanol–water partition coefficient (Wildman–Crippen LogP) is 12.3. The Morgan fingerprint density at radius 3 is 1.12 bits per heavy atom. The molecule has 2 aliphatic carbocycles. The van der Waals surface area contributed by atoms with Gasteiger partial charge in [0.1, 0.15) is 0 Å². The summed E-state index contributed by atoms with van der Waals surface area (Å²) in [4.78, 5) is 38.5. The number of aryl methyl sites for hydroxylation is 3. The van der Waals surface area contributed by atoms with Crippen LogP contribution in [0.4, 0.5) is 0 Å². The van der Waals surface area contributed by atoms with E-state index in [2.05, 4.69) is 179 Å². The van der Waals surface area contributed by atoms with Crippen molar-refractivity contribution in [2.24, 2.45) is 17.2 Å². The zero-order valence-corrected chi connectivity index (χ0v) is 43.6. The van der Waals surface area contributed by atoms with Gasteiger partial charge in [0.15, 0.2) is 17.1 Å². The molecule has 3 aromatic carbocycles. The van der Waals surface area contributed by atoms with Crippen LogP contribution in [0.2, 0.25) is 0 Å². The first-order valence-electron chi connectivity index (χ1n) is 24.0. The van der Waals surface area contributed by atoms with Gasteiger partial charge in [0.2, 0.25) is 0 Å². The molecule has 7 aromatic heterocycles. The van der Waals surface area contributed by atoms with Crippen molar-refractivity contribution in [1.29, 1.82) is 0 Å². The molecule has 0 spiro atoms. The molecular weight excluding hydrogens is 995 g/mol. The topological polar surface area (TPSA) is 220 Å². The largest absolute Gasteiger partial charge is 0.472 e. The Morgan fingerprint density at radius 1 is 0.480 bits per heavy atom. The highest BCUT2D eigenvalue weighted by Crippen LogP contribution is 2.40. The number of nitrogens with zero attached hydrogens (tertiary/aromatic N) is 6. The summed E-state index contributed by atoms with van der Waals surface area (Å²) in [5.74, 6) is -1.65. The second-order valence-electron chi connectivity index (χ2n) is 18.2. The molecule has 0 saturated carbocycles. The fourth-order valence-corrected chi connectivity index (χ4v) is 12.2. The summed E-state index contributed by atoms with van der Waals surface area (Å²) in [5.41, 5.74) is 30.2. The highest BCUT2D eigenvalue weighted by Gasteiger charge is 2.21. The Hall–Kier alpha value is -8.57. The Balaban J connectivity index is 0.000000128. The number of thiophene rings is 3. The average molecular weight is 1040 g/mol. The molecule has 6 N–H and O–H groups in total. The number of amides is 3. The molecule has 0 atom stereocenters. The summed E-state index contributed by atoms with van der Waals surface area (Å²) < 4.78 is 7.53. The number of primary amides is 3. The SMILES string of the molecule is Cc1ccc(-c2cc3c(CC4=CCC=C4)nnc(C(N)=O)c3s2)cc1.Cc1ccc(-c2cc3c(CC4=CCC=C4)nnc(C(N)=O)c3s2)cc1.Cc1ccc(-c2cc3c(Cc4ccoc4)nnc(C(N)=O)c3s2)cc1. The third kappa shape index (κ3) is 11.2. The second-order valence-corrected chi connectivity index (χ2v) is 21.4. The zero-order chi connectivity index (χ0) is 52.2. The maximum atomic E-state index is 11.8. The minimum atomic E-state index is -0.565. The van der Waals surface area contributed by atoms with Crippen molar-refractivity contribution in [2.45, 2.75) is 52.9 Å². The van der Waals surface area contributed by atoms with Crippen LogP contribution in [0.1, 0.15) is 83.6 Å². The number of rotatable bonds is 12. The first kappa shape index (κ1) is 50.0. The van der Waals surface area contributed by atoms with Crippen LogP contribution in [0.3, 0.4) is 0 Å². The quantitative estimate of drug-likeness (QED) is 0.105. The molecule has 13 nitrogen and oxygen atoms in total. The summed E-state index contributed by atoms with van der Waals surface area (Å²) in [5, 5.41) is 27.9. The van der Waals surface area contributed by atoms with Gasteiger partial charge in [-0.2, -0.15) is 15.3 Å². The molecule has 16 heteroatoms. The standard InChI is InChI=1S/2C20H17N3OS.C19H15N3O2S/c2*1-12-6-8-14(9-7-12)17-11-15-16(10-13-4-2-3-5-13)22-23-18(20(21)24)19(15)25-17;1-11-2-4-13(5-3-11)16-9-14-15(8-12-6-7-24-10-12)21-22-17(19(20)23)18(14)25-16/h2*2,4-9,11H,3,10H2,1H3,(H2,21,24);2-7,9-10H,8H2,1H3,(H2,20,23). The molecule has 0 saturated heterocycles. The molecule has 0 aliphatic heterocycles. The Labute approximate surface area is 443 Å². The molecule has 0 radical (unpaired) electrons. The minimum Gasteiger partial charge on any atom is -0.472 e. The van der Waals surface area contributed by atoms with Crippen molar-refractivity contribution in [3.63, 3.8) is 0 Å². The van der Waals surface area contributed by atoms with Crippen molar-refractivity contribution in [1.82, 2.24) is 30.6 Å². The fourth-order valence-electron chi connectivity index (χ4n) is 8.68. The van der Waals surface area contributed by atoms with E-state index in [-0.39, 0.29) is 17.1 Å². The van der Waals surface area contributed by atoms with Crippen LogP contribution in [0, 0.1) is 20.8 Å². The number of aromatic nitrogens is 6. The molecule has 75 heavy (non-hydrogen) atoms. The lowest BCUT2D eigenvalue weighted by molar-refractivity contribution is 0.0988. The molecule has 3 amide bonds. The van der Waals surface area contributed by atoms with Crippen molar-refractivity contribution in [3.8, 4) is 31.3 Å². The Morgan fingerprint density at radius 2 is 0.827 bits per heavy atom. The number of fused-ring (bicyclic) bond motifs is 3. The lowest BCUT2D eigenvalue weighted by Gasteiger charge is -2.03. The molecular formula is C59H49N9O4S3. The molecule has 7 heterocycles. The maximum absolute atomic E-state index is 11.8. The summed E-state index contributed by atoms with van der Waals surface area (Å²) in [6.45, 7) is 6.18. The van der Waals surface area contributed by atoms with E-state index in [9.17, 15) is 14.4 Å². The van der Waals surface area contributed by atoms with E-state index in [1.54, 1.807) is 35.2 Å². The summed E-state index contributed by atoms with van der Waals surface area (Å²) >= 11 is 4.60. The number of allylic oxidation sites excluding steroid dienone is 8. The number of carbonyl (C=O) groups is 3. The average Bonchev–Trinajstić information content (AvgIpc) is 4.27. The van der Waals surface area contributed by atoms with Crippen molar-refractivity contribution < 1.29 is 18.8 Å². The molecule has 10 aromatic rings. The summed E-state index contributed by atoms with van der Waals surface area (Å²) in [7, 11) is 0. The monoisotopic (exact) mass is 1040 g/mol. The van der Waals surface area contributed by atoms with Crippen molar-refractivity contribution >= 4 is 82.0 Å². The Bertz CT molecular complexity index is 3750. The molecule has 0 bridgehead atoms. The normalized spacial score (nSPS) is 12.6. The van der Waals surface area contributed by atoms with E-state index in [0.29, 0.717) is 19.3 Å². The summed E-state index contributed by atoms with van der Waals surface area (Å²) in [6, 6.07) is 33.1. The van der Waals surface area contributed by atoms with Gasteiger partial charge in [-0.3, -0.25) is 14.4 Å². The number of nitrogens with two attached hydrogens (primary N) is 3. The van der Waals surface area contributed by atoms with Gasteiger partial charge in [-0.1, -0.05) is 126 Å². The molecule has 0 fully saturated rings. The minimum absolute atomic E-state index is 0.217. The van der Waals surface area contributed by atoms with Crippen LogP contribution in [0.5, 0.6) is 0 Å². The third-order valence-electron chi connectivity index (χ3n) is 12.7. The maximum Gasteiger partial charge on any atom is 0.270 e. The molecule has 12 rings (SSSR count). The van der Waals surface area contributed by atoms with Gasteiger partial charge >= 0.3 is 0 Å². The van der Waals surface area contributed by atoms with Crippen LogP contribution in [-0.4, -0.2) is 48.3 Å². The number of furan rings is 1. The van der Waals surface area contributed by atoms with Crippen LogP contribution >= 0.6 is 34.0 Å². The van der Waals surface area contributed by atoms with Crippen molar-refractivity contribution in [3.05, 3.63) is 214 Å². The van der Waals surface area contributed by atoms with E-state index >= 15 is 0 Å². The Kier molecular flexibility index (Phi) is 14.6. The van der Waals surface area contributed by atoms with Gasteiger partial charge in [-0.15, -0.1) is 49.3 Å². The number of hydrogen-bond acceptors (Lipinski definition) is 13. The smallest absolute Gasteiger partial charge is 0.270 e. The van der Waals surface area contributed by atoms with Gasteiger partial charge in [0.25, 0.3) is 17.7 Å². The number of benzene rings is 3. The highest BCUT2D eigenvalue weighted by molar-refractivity contribution is 7.23. The van der Waals surface area contributed by atoms with Crippen LogP contribution in [0.15, 0.2) is 162 Å². The van der Waals surface area contributed by atoms with Gasteiger partial charge in [-0.05, 0) is 91.3 Å². The van der Waals surface area contributed by atoms with E-state index < -0.39 is 17.7 Å². The number of hydrogen-bond donors (Lipinski definition) is 3. The summed E-state index contributed by atoms with van der Waals surface area (Å²) in [6.07, 6.45) is 20.1. The van der Waals surface area contributed by atoms with Crippen molar-refractivity contribution in [2.75, 3.05) is 0 Å². The fraction of sp³-hybridized carbons (Fsp3) is 0.136. The van der Waals surface area contributed by atoms with Gasteiger partial charge in [0, 0.05) is 50.1 Å².